The lowest BCUT2D eigenvalue weighted by atomic mass is 9.86. The van der Waals surface area contributed by atoms with Gasteiger partial charge in [-0.05, 0) is 51.4 Å². The molecule has 0 N–H and O–H groups in total. The van der Waals surface area contributed by atoms with Crippen LogP contribution >= 0.6 is 0 Å². The molecule has 0 aromatic carbocycles. The SMILES string of the molecule is CCCCCCCC=CCCC(C[C@H]1OC(=O)C1CCCCCC)OC1CCCCO1. The summed E-state index contributed by atoms with van der Waals surface area (Å²) in [6.45, 7) is 5.28. The predicted octanol–water partition coefficient (Wildman–Crippen LogP) is 7.50. The van der Waals surface area contributed by atoms with Crippen molar-refractivity contribution in [3.63, 3.8) is 0 Å². The molecule has 2 rings (SSSR count). The number of rotatable bonds is 18. The van der Waals surface area contributed by atoms with Gasteiger partial charge in [-0.15, -0.1) is 0 Å². The molecule has 0 aromatic rings. The number of ether oxygens (including phenoxy) is 3. The van der Waals surface area contributed by atoms with E-state index < -0.39 is 0 Å². The molecule has 0 radical (unpaired) electrons. The van der Waals surface area contributed by atoms with Gasteiger partial charge in [0.05, 0.1) is 12.0 Å². The zero-order valence-corrected chi connectivity index (χ0v) is 20.3. The van der Waals surface area contributed by atoms with E-state index in [1.807, 2.05) is 0 Å². The van der Waals surface area contributed by atoms with Gasteiger partial charge in [-0.3, -0.25) is 4.79 Å². The van der Waals surface area contributed by atoms with Gasteiger partial charge in [-0.2, -0.15) is 0 Å². The maximum atomic E-state index is 12.0. The average molecular weight is 437 g/mol. The molecule has 2 aliphatic rings. The molecule has 0 spiro atoms. The van der Waals surface area contributed by atoms with Gasteiger partial charge in [0.2, 0.25) is 0 Å². The van der Waals surface area contributed by atoms with E-state index in [1.54, 1.807) is 0 Å². The third kappa shape index (κ3) is 11.0. The summed E-state index contributed by atoms with van der Waals surface area (Å²) in [5.74, 6) is 0.0750. The second-order valence-corrected chi connectivity index (χ2v) is 9.47. The molecule has 3 unspecified atom stereocenters. The Labute approximate surface area is 191 Å². The molecule has 4 atom stereocenters. The Morgan fingerprint density at radius 3 is 2.42 bits per heavy atom. The number of carbonyl (C=O) groups excluding carboxylic acids is 1. The summed E-state index contributed by atoms with van der Waals surface area (Å²) in [5.41, 5.74) is 0. The van der Waals surface area contributed by atoms with E-state index in [-0.39, 0.29) is 30.4 Å². The third-order valence-electron chi connectivity index (χ3n) is 6.66. The quantitative estimate of drug-likeness (QED) is 0.127. The van der Waals surface area contributed by atoms with Crippen molar-refractivity contribution in [1.29, 1.82) is 0 Å². The van der Waals surface area contributed by atoms with Gasteiger partial charge in [-0.1, -0.05) is 77.4 Å². The number of unbranched alkanes of at least 4 members (excludes halogenated alkanes) is 8. The lowest BCUT2D eigenvalue weighted by molar-refractivity contribution is -0.210. The molecule has 2 fully saturated rings. The highest BCUT2D eigenvalue weighted by Crippen LogP contribution is 2.33. The van der Waals surface area contributed by atoms with E-state index in [9.17, 15) is 4.79 Å². The Hall–Kier alpha value is -0.870. The van der Waals surface area contributed by atoms with Crippen molar-refractivity contribution < 1.29 is 19.0 Å². The molecule has 0 aliphatic carbocycles. The van der Waals surface area contributed by atoms with Crippen molar-refractivity contribution in [2.45, 2.75) is 141 Å². The van der Waals surface area contributed by atoms with Crippen molar-refractivity contribution in [1.82, 2.24) is 0 Å². The summed E-state index contributed by atoms with van der Waals surface area (Å²) >= 11 is 0. The number of hydrogen-bond donors (Lipinski definition) is 0. The second-order valence-electron chi connectivity index (χ2n) is 9.47. The summed E-state index contributed by atoms with van der Waals surface area (Å²) < 4.78 is 17.7. The maximum Gasteiger partial charge on any atom is 0.313 e. The minimum atomic E-state index is -0.0833. The predicted molar refractivity (Wildman–Crippen MR) is 127 cm³/mol. The minimum Gasteiger partial charge on any atom is -0.461 e. The van der Waals surface area contributed by atoms with Crippen LogP contribution in [0.5, 0.6) is 0 Å². The van der Waals surface area contributed by atoms with E-state index in [0.29, 0.717) is 0 Å². The van der Waals surface area contributed by atoms with Crippen molar-refractivity contribution >= 4 is 5.97 Å². The highest BCUT2D eigenvalue weighted by molar-refractivity contribution is 5.78. The number of cyclic esters (lactones) is 1. The Kier molecular flexibility index (Phi) is 14.2. The molecule has 31 heavy (non-hydrogen) atoms. The van der Waals surface area contributed by atoms with Crippen LogP contribution < -0.4 is 0 Å². The second kappa shape index (κ2) is 16.7. The van der Waals surface area contributed by atoms with Gasteiger partial charge in [-0.25, -0.2) is 0 Å². The molecule has 0 aromatic heterocycles. The van der Waals surface area contributed by atoms with Crippen LogP contribution in [-0.2, 0) is 19.0 Å². The third-order valence-corrected chi connectivity index (χ3v) is 6.66. The number of hydrogen-bond acceptors (Lipinski definition) is 4. The molecule has 0 saturated carbocycles. The first-order chi connectivity index (χ1) is 15.2. The highest BCUT2D eigenvalue weighted by atomic mass is 16.7. The molecular weight excluding hydrogens is 388 g/mol. The monoisotopic (exact) mass is 436 g/mol. The maximum absolute atomic E-state index is 12.0. The molecule has 4 heteroatoms. The van der Waals surface area contributed by atoms with Crippen LogP contribution in [0, 0.1) is 5.92 Å². The Morgan fingerprint density at radius 1 is 0.968 bits per heavy atom. The fourth-order valence-corrected chi connectivity index (χ4v) is 4.62. The van der Waals surface area contributed by atoms with E-state index in [1.165, 1.54) is 64.2 Å². The van der Waals surface area contributed by atoms with Gasteiger partial charge in [0, 0.05) is 13.0 Å². The van der Waals surface area contributed by atoms with Crippen LogP contribution in [0.3, 0.4) is 0 Å². The van der Waals surface area contributed by atoms with Crippen LogP contribution in [0.15, 0.2) is 12.2 Å². The van der Waals surface area contributed by atoms with Crippen LogP contribution in [0.1, 0.15) is 123 Å². The average Bonchev–Trinajstić information content (AvgIpc) is 2.78. The van der Waals surface area contributed by atoms with Crippen LogP contribution in [0.25, 0.3) is 0 Å². The molecule has 4 nitrogen and oxygen atoms in total. The van der Waals surface area contributed by atoms with Crippen LogP contribution in [-0.4, -0.2) is 31.1 Å². The fraction of sp³-hybridized carbons (Fsp3) is 0.889. The van der Waals surface area contributed by atoms with E-state index in [0.717, 1.165) is 51.6 Å². The lowest BCUT2D eigenvalue weighted by Crippen LogP contribution is -2.47. The van der Waals surface area contributed by atoms with Gasteiger partial charge in [0.15, 0.2) is 6.29 Å². The molecule has 2 saturated heterocycles. The van der Waals surface area contributed by atoms with Gasteiger partial charge in [0.25, 0.3) is 0 Å². The molecular formula is C27H48O4. The van der Waals surface area contributed by atoms with Gasteiger partial charge >= 0.3 is 5.97 Å². The normalized spacial score (nSPS) is 24.8. The molecule has 0 bridgehead atoms. The first-order valence-electron chi connectivity index (χ1n) is 13.4. The van der Waals surface area contributed by atoms with Gasteiger partial charge in [0.1, 0.15) is 6.10 Å². The van der Waals surface area contributed by atoms with Crippen molar-refractivity contribution in [3.8, 4) is 0 Å². The topological polar surface area (TPSA) is 44.8 Å². The van der Waals surface area contributed by atoms with Crippen molar-refractivity contribution in [2.75, 3.05) is 6.61 Å². The number of carbonyl (C=O) groups is 1. The zero-order chi connectivity index (χ0) is 22.2. The fourth-order valence-electron chi connectivity index (χ4n) is 4.62. The van der Waals surface area contributed by atoms with Crippen molar-refractivity contribution in [3.05, 3.63) is 12.2 Å². The highest BCUT2D eigenvalue weighted by Gasteiger charge is 2.43. The smallest absolute Gasteiger partial charge is 0.313 e. The minimum absolute atomic E-state index is 0.00265. The molecule has 2 aliphatic heterocycles. The summed E-state index contributed by atoms with van der Waals surface area (Å²) in [6, 6.07) is 0. The summed E-state index contributed by atoms with van der Waals surface area (Å²) in [4.78, 5) is 12.0. The molecule has 180 valence electrons. The van der Waals surface area contributed by atoms with Crippen molar-refractivity contribution in [2.24, 2.45) is 5.92 Å². The zero-order valence-electron chi connectivity index (χ0n) is 20.3. The van der Waals surface area contributed by atoms with Crippen LogP contribution in [0.4, 0.5) is 0 Å². The van der Waals surface area contributed by atoms with E-state index in [4.69, 9.17) is 14.2 Å². The molecule has 2 heterocycles. The lowest BCUT2D eigenvalue weighted by Gasteiger charge is -2.38. The largest absolute Gasteiger partial charge is 0.461 e. The Balaban J connectivity index is 1.73. The first kappa shape index (κ1) is 26.4. The first-order valence-corrected chi connectivity index (χ1v) is 13.4. The Bertz CT molecular complexity index is 484. The molecule has 0 amide bonds. The number of allylic oxidation sites excluding steroid dienone is 2. The van der Waals surface area contributed by atoms with Crippen LogP contribution in [0.2, 0.25) is 0 Å². The summed E-state index contributed by atoms with van der Waals surface area (Å²) in [5, 5.41) is 0. The van der Waals surface area contributed by atoms with E-state index in [2.05, 4.69) is 26.0 Å². The summed E-state index contributed by atoms with van der Waals surface area (Å²) in [6.07, 6.45) is 24.4. The Morgan fingerprint density at radius 2 is 1.71 bits per heavy atom. The number of esters is 1. The van der Waals surface area contributed by atoms with E-state index >= 15 is 0 Å². The standard InChI is InChI=1S/C27H48O4/c1-3-5-7-9-10-11-12-13-14-18-23(30-26-20-16-17-21-29-26)22-25-24(27(28)31-25)19-15-8-6-4-2/h12-13,23-26H,3-11,14-22H2,1-2H3/t23?,24?,25-,26?/m1/s1. The summed E-state index contributed by atoms with van der Waals surface area (Å²) in [7, 11) is 0. The van der Waals surface area contributed by atoms with Gasteiger partial charge < -0.3 is 14.2 Å².